The van der Waals surface area contributed by atoms with Gasteiger partial charge in [0, 0.05) is 49.7 Å². The monoisotopic (exact) mass is 852 g/mol. The molecule has 68 heavy (non-hydrogen) atoms. The molecule has 3 heterocycles. The van der Waals surface area contributed by atoms with E-state index in [-0.39, 0.29) is 0 Å². The summed E-state index contributed by atoms with van der Waals surface area (Å²) < 4.78 is 8.89. The smallest absolute Gasteiger partial charge is 0.164 e. The molecule has 0 fully saturated rings. The Kier molecular flexibility index (Phi) is 9.98. The maximum Gasteiger partial charge on any atom is 0.164 e. The van der Waals surface area contributed by atoms with Crippen LogP contribution in [0.1, 0.15) is 0 Å². The molecule has 302 valence electrons. The van der Waals surface area contributed by atoms with E-state index in [2.05, 4.69) is 97.1 Å². The highest BCUT2D eigenvalue weighted by Gasteiger charge is 2.23. The van der Waals surface area contributed by atoms with Crippen molar-refractivity contribution >= 4 is 124 Å². The van der Waals surface area contributed by atoms with E-state index in [4.69, 9.17) is 66.4 Å². The van der Waals surface area contributed by atoms with Crippen molar-refractivity contribution in [2.24, 2.45) is 0 Å². The van der Waals surface area contributed by atoms with Gasteiger partial charge in [0.05, 0.1) is 0 Å². The van der Waals surface area contributed by atoms with Crippen LogP contribution in [0.4, 0.5) is 0 Å². The Hall–Kier alpha value is -8.02. The van der Waals surface area contributed by atoms with Crippen molar-refractivity contribution in [3.05, 3.63) is 182 Å². The minimum atomic E-state index is 0.325. The van der Waals surface area contributed by atoms with E-state index < -0.39 is 0 Å². The number of fused-ring (bicyclic) bond motifs is 6. The molecule has 9 aromatic carbocycles. The van der Waals surface area contributed by atoms with Crippen molar-refractivity contribution in [3.63, 3.8) is 0 Å². The zero-order valence-electron chi connectivity index (χ0n) is 36.5. The minimum absolute atomic E-state index is 0.325. The quantitative estimate of drug-likeness (QED) is 0.155. The van der Waals surface area contributed by atoms with Crippen LogP contribution in [-0.2, 0) is 0 Å². The summed E-state index contributed by atoms with van der Waals surface area (Å²) in [5.41, 5.74) is 14.1. The summed E-state index contributed by atoms with van der Waals surface area (Å²) in [6.07, 6.45) is 0. The zero-order valence-corrected chi connectivity index (χ0v) is 36.5. The summed E-state index contributed by atoms with van der Waals surface area (Å²) in [5.74, 6) is 1.60. The molecule has 5 nitrogen and oxygen atoms in total. The lowest BCUT2D eigenvalue weighted by Gasteiger charge is -2.15. The van der Waals surface area contributed by atoms with Gasteiger partial charge >= 0.3 is 0 Å². The van der Waals surface area contributed by atoms with Crippen molar-refractivity contribution in [2.75, 3.05) is 0 Å². The standard InChI is InChI=1S/C57H30B6N4O/c58-43-29-45(60)52-48(50(43)62)49-51(63)44(59)30-46(61)53(49)67(52)39-27-41(35-14-8-3-9-15-35)54-42(28-39)40-25-24-38(26-47(40)68-54)57-65-55(36-20-16-33(17-21-36)31-10-4-1-5-11-31)64-56(66-57)37-22-18-34(19-23-37)32-12-6-2-7-13-32/h1-30H. The molecule has 0 saturated carbocycles. The first-order chi connectivity index (χ1) is 33.2. The summed E-state index contributed by atoms with van der Waals surface area (Å²) in [6.45, 7) is 0. The molecular formula is C57H30B6N4O. The molecule has 0 amide bonds. The van der Waals surface area contributed by atoms with E-state index in [1.807, 2.05) is 77.4 Å². The van der Waals surface area contributed by atoms with Crippen LogP contribution >= 0.6 is 0 Å². The first-order valence-corrected chi connectivity index (χ1v) is 22.1. The van der Waals surface area contributed by atoms with Gasteiger partial charge in [0.2, 0.25) is 0 Å². The molecule has 0 saturated heterocycles. The summed E-state index contributed by atoms with van der Waals surface area (Å²) in [5, 5.41) is 2.88. The summed E-state index contributed by atoms with van der Waals surface area (Å²) in [7, 11) is 39.9. The molecule has 0 aliphatic heterocycles. The number of benzene rings is 9. The Labute approximate surface area is 400 Å². The fourth-order valence-electron chi connectivity index (χ4n) is 9.43. The molecule has 12 aromatic rings. The van der Waals surface area contributed by atoms with Gasteiger partial charge in [0.1, 0.15) is 58.2 Å². The summed E-state index contributed by atoms with van der Waals surface area (Å²) in [6, 6.07) is 60.8. The second kappa shape index (κ2) is 16.4. The fraction of sp³-hybridized carbons (Fsp3) is 0. The maximum atomic E-state index is 6.90. The van der Waals surface area contributed by atoms with E-state index in [0.29, 0.717) is 83.2 Å². The number of rotatable bonds is 7. The van der Waals surface area contributed by atoms with Gasteiger partial charge in [-0.3, -0.25) is 0 Å². The van der Waals surface area contributed by atoms with Gasteiger partial charge < -0.3 is 8.98 Å². The van der Waals surface area contributed by atoms with Crippen LogP contribution in [0.25, 0.3) is 117 Å². The Morgan fingerprint density at radius 2 is 0.765 bits per heavy atom. The van der Waals surface area contributed by atoms with Crippen molar-refractivity contribution in [3.8, 4) is 73.2 Å². The highest BCUT2D eigenvalue weighted by molar-refractivity contribution is 6.62. The van der Waals surface area contributed by atoms with Crippen LogP contribution in [-0.4, -0.2) is 66.6 Å². The van der Waals surface area contributed by atoms with Gasteiger partial charge in [-0.1, -0.05) is 180 Å². The van der Waals surface area contributed by atoms with Crippen LogP contribution in [0.2, 0.25) is 0 Å². The van der Waals surface area contributed by atoms with Gasteiger partial charge in [-0.2, -0.15) is 0 Å². The molecule has 12 radical (unpaired) electrons. The molecule has 0 bridgehead atoms. The predicted octanol–water partition coefficient (Wildman–Crippen LogP) is 7.63. The third-order valence-electron chi connectivity index (χ3n) is 12.8. The molecule has 0 spiro atoms. The number of furan rings is 1. The lowest BCUT2D eigenvalue weighted by atomic mass is 9.71. The van der Waals surface area contributed by atoms with Gasteiger partial charge in [-0.05, 0) is 62.9 Å². The van der Waals surface area contributed by atoms with Crippen molar-refractivity contribution in [1.29, 1.82) is 0 Å². The van der Waals surface area contributed by atoms with Crippen LogP contribution in [0, 0.1) is 0 Å². The van der Waals surface area contributed by atoms with Crippen molar-refractivity contribution < 1.29 is 4.42 Å². The second-order valence-corrected chi connectivity index (χ2v) is 17.0. The molecule has 0 aliphatic rings. The third kappa shape index (κ3) is 6.92. The van der Waals surface area contributed by atoms with Gasteiger partial charge in [-0.25, -0.2) is 15.0 Å². The topological polar surface area (TPSA) is 56.7 Å². The van der Waals surface area contributed by atoms with Crippen LogP contribution in [0.15, 0.2) is 186 Å². The van der Waals surface area contributed by atoms with Gasteiger partial charge in [0.25, 0.3) is 0 Å². The Balaban J connectivity index is 1.05. The number of aromatic nitrogens is 4. The fourth-order valence-corrected chi connectivity index (χ4v) is 9.43. The largest absolute Gasteiger partial charge is 0.455 e. The van der Waals surface area contributed by atoms with Gasteiger partial charge in [-0.15, -0.1) is 10.9 Å². The third-order valence-corrected chi connectivity index (χ3v) is 12.8. The highest BCUT2D eigenvalue weighted by atomic mass is 16.3. The first-order valence-electron chi connectivity index (χ1n) is 22.1. The summed E-state index contributed by atoms with van der Waals surface area (Å²) >= 11 is 0. The van der Waals surface area contributed by atoms with E-state index in [9.17, 15) is 0 Å². The molecule has 0 N–H and O–H groups in total. The molecule has 0 atom stereocenters. The van der Waals surface area contributed by atoms with Crippen LogP contribution < -0.4 is 32.8 Å². The number of hydrogen-bond donors (Lipinski definition) is 0. The molecular weight excluding hydrogens is 822 g/mol. The van der Waals surface area contributed by atoms with Crippen LogP contribution in [0.3, 0.4) is 0 Å². The number of nitrogens with zero attached hydrogens (tertiary/aromatic N) is 4. The Bertz CT molecular complexity index is 3780. The average molecular weight is 852 g/mol. The minimum Gasteiger partial charge on any atom is -0.455 e. The normalized spacial score (nSPS) is 11.6. The average Bonchev–Trinajstić information content (AvgIpc) is 3.95. The molecule has 0 unspecified atom stereocenters. The molecule has 0 aliphatic carbocycles. The second-order valence-electron chi connectivity index (χ2n) is 17.0. The van der Waals surface area contributed by atoms with Crippen molar-refractivity contribution in [2.45, 2.75) is 0 Å². The zero-order chi connectivity index (χ0) is 46.2. The van der Waals surface area contributed by atoms with E-state index in [0.717, 1.165) is 66.5 Å². The van der Waals surface area contributed by atoms with Crippen LogP contribution in [0.5, 0.6) is 0 Å². The van der Waals surface area contributed by atoms with Gasteiger partial charge in [0.15, 0.2) is 17.5 Å². The highest BCUT2D eigenvalue weighted by Crippen LogP contribution is 2.41. The Morgan fingerprint density at radius 1 is 0.353 bits per heavy atom. The molecule has 11 heteroatoms. The van der Waals surface area contributed by atoms with E-state index in [1.165, 1.54) is 0 Å². The summed E-state index contributed by atoms with van der Waals surface area (Å²) in [4.78, 5) is 15.3. The van der Waals surface area contributed by atoms with E-state index >= 15 is 0 Å². The van der Waals surface area contributed by atoms with E-state index in [1.54, 1.807) is 12.1 Å². The first kappa shape index (κ1) is 41.4. The Morgan fingerprint density at radius 3 is 1.25 bits per heavy atom. The lowest BCUT2D eigenvalue weighted by Crippen LogP contribution is -2.33. The maximum absolute atomic E-state index is 6.90. The molecule has 12 rings (SSSR count). The van der Waals surface area contributed by atoms with Crippen molar-refractivity contribution in [1.82, 2.24) is 19.5 Å². The SMILES string of the molecule is [B]c1cc([B])c2c(c1[B])c1c([B])c([B])cc([B])c1n2-c1cc(-c2ccccc2)c2oc3cc(-c4nc(-c5ccc(-c6ccccc6)cc5)nc(-c5ccc(-c6ccccc6)cc5)n4)ccc3c2c1. The number of hydrogen-bond acceptors (Lipinski definition) is 4. The predicted molar refractivity (Wildman–Crippen MR) is 286 cm³/mol. The lowest BCUT2D eigenvalue weighted by molar-refractivity contribution is 0.670. The molecule has 3 aromatic heterocycles.